The summed E-state index contributed by atoms with van der Waals surface area (Å²) in [4.78, 5) is 49.5. The summed E-state index contributed by atoms with van der Waals surface area (Å²) in [6.07, 6.45) is 0.0290. The van der Waals surface area contributed by atoms with Crippen LogP contribution in [0, 0.1) is 0 Å². The lowest BCUT2D eigenvalue weighted by molar-refractivity contribution is -0.194. The number of carbonyl (C=O) groups excluding carboxylic acids is 4. The Morgan fingerprint density at radius 1 is 1.26 bits per heavy atom. The van der Waals surface area contributed by atoms with Crippen molar-refractivity contribution in [3.05, 3.63) is 0 Å². The van der Waals surface area contributed by atoms with E-state index >= 15 is 0 Å². The lowest BCUT2D eigenvalue weighted by Gasteiger charge is -2.21. The Kier molecular flexibility index (Phi) is 15.7. The van der Waals surface area contributed by atoms with Gasteiger partial charge in [0.25, 0.3) is 0 Å². The first-order valence-electron chi connectivity index (χ1n) is 11.6. The van der Waals surface area contributed by atoms with Gasteiger partial charge in [-0.3, -0.25) is 24.1 Å². The second kappa shape index (κ2) is 17.7. The highest BCUT2D eigenvalue weighted by atomic mass is 32.2. The fourth-order valence-corrected chi connectivity index (χ4v) is 4.11. The number of nitrogens with one attached hydrogen (secondary N) is 1. The van der Waals surface area contributed by atoms with Gasteiger partial charge < -0.3 is 29.4 Å². The Hall–Kier alpha value is -1.73. The van der Waals surface area contributed by atoms with Crippen LogP contribution in [0.15, 0.2) is 0 Å². The van der Waals surface area contributed by atoms with E-state index in [1.54, 1.807) is 0 Å². The number of likely N-dealkylation sites (tertiary alicyclic amines) is 1. The van der Waals surface area contributed by atoms with Gasteiger partial charge >= 0.3 is 5.97 Å². The number of rotatable bonds is 19. The molecule has 0 aliphatic carbocycles. The van der Waals surface area contributed by atoms with Gasteiger partial charge in [0.1, 0.15) is 6.61 Å². The van der Waals surface area contributed by atoms with Crippen molar-refractivity contribution in [1.29, 1.82) is 0 Å². The van der Waals surface area contributed by atoms with Crippen molar-refractivity contribution in [2.45, 2.75) is 63.6 Å². The highest BCUT2D eigenvalue weighted by Gasteiger charge is 2.38. The molecule has 1 aliphatic heterocycles. The maximum absolute atomic E-state index is 12.4. The molecule has 0 aromatic rings. The van der Waals surface area contributed by atoms with Gasteiger partial charge in [0.15, 0.2) is 6.29 Å². The molecular weight excluding hydrogens is 468 g/mol. The summed E-state index contributed by atoms with van der Waals surface area (Å²) in [6.45, 7) is 4.91. The van der Waals surface area contributed by atoms with Crippen molar-refractivity contribution >= 4 is 35.5 Å². The number of aliphatic hydroxyl groups excluding tert-OH is 1. The molecule has 2 N–H and O–H groups in total. The zero-order valence-corrected chi connectivity index (χ0v) is 21.1. The molecular formula is C22H38N2O9S. The molecule has 1 rings (SSSR count). The predicted molar refractivity (Wildman–Crippen MR) is 125 cm³/mol. The molecule has 1 fully saturated rings. The number of hydrogen-bond acceptors (Lipinski definition) is 10. The summed E-state index contributed by atoms with van der Waals surface area (Å²) in [5.41, 5.74) is 0. The van der Waals surface area contributed by atoms with Crippen LogP contribution in [0.5, 0.6) is 0 Å². The number of carbonyl (C=O) groups is 4. The van der Waals surface area contributed by atoms with Crippen molar-refractivity contribution < 1.29 is 43.2 Å². The molecule has 3 unspecified atom stereocenters. The van der Waals surface area contributed by atoms with Crippen LogP contribution in [0.3, 0.4) is 0 Å². The van der Waals surface area contributed by atoms with E-state index in [4.69, 9.17) is 24.1 Å². The Bertz CT molecular complexity index is 646. The average molecular weight is 507 g/mol. The first-order chi connectivity index (χ1) is 16.4. The van der Waals surface area contributed by atoms with Gasteiger partial charge in [-0.05, 0) is 19.8 Å². The lowest BCUT2D eigenvalue weighted by Crippen LogP contribution is -2.38. The van der Waals surface area contributed by atoms with Crippen LogP contribution in [0.2, 0.25) is 0 Å². The van der Waals surface area contributed by atoms with Gasteiger partial charge in [-0.1, -0.05) is 6.92 Å². The third-order valence-corrected chi connectivity index (χ3v) is 6.22. The van der Waals surface area contributed by atoms with E-state index in [-0.39, 0.29) is 69.7 Å². The maximum Gasteiger partial charge on any atom is 0.305 e. The third-order valence-electron chi connectivity index (χ3n) is 5.04. The molecule has 0 bridgehead atoms. The highest BCUT2D eigenvalue weighted by Crippen LogP contribution is 2.24. The molecule has 0 aromatic carbocycles. The summed E-state index contributed by atoms with van der Waals surface area (Å²) < 4.78 is 20.9. The number of amides is 3. The molecule has 3 amide bonds. The molecule has 1 heterocycles. The largest absolute Gasteiger partial charge is 0.460 e. The van der Waals surface area contributed by atoms with Crippen LogP contribution in [-0.2, 0) is 38.1 Å². The quantitative estimate of drug-likeness (QED) is 0.110. The molecule has 1 saturated heterocycles. The summed E-state index contributed by atoms with van der Waals surface area (Å²) in [5, 5.41) is 11.4. The van der Waals surface area contributed by atoms with Crippen molar-refractivity contribution in [2.75, 3.05) is 52.4 Å². The molecule has 12 heteroatoms. The Labute approximate surface area is 205 Å². The molecule has 196 valence electrons. The van der Waals surface area contributed by atoms with Crippen LogP contribution in [0.1, 0.15) is 46.0 Å². The van der Waals surface area contributed by atoms with Gasteiger partial charge in [-0.2, -0.15) is 0 Å². The van der Waals surface area contributed by atoms with Gasteiger partial charge in [0.05, 0.1) is 24.6 Å². The van der Waals surface area contributed by atoms with Crippen LogP contribution in [0.4, 0.5) is 0 Å². The van der Waals surface area contributed by atoms with Crippen molar-refractivity contribution in [2.24, 2.45) is 0 Å². The van der Waals surface area contributed by atoms with Crippen LogP contribution in [0.25, 0.3) is 0 Å². The molecule has 34 heavy (non-hydrogen) atoms. The second-order valence-electron chi connectivity index (χ2n) is 7.54. The third kappa shape index (κ3) is 11.6. The second-order valence-corrected chi connectivity index (χ2v) is 8.86. The van der Waals surface area contributed by atoms with Crippen molar-refractivity contribution in [3.8, 4) is 0 Å². The summed E-state index contributed by atoms with van der Waals surface area (Å²) in [6, 6.07) is 0. The first-order valence-corrected chi connectivity index (χ1v) is 12.7. The molecule has 3 atom stereocenters. The zero-order valence-electron chi connectivity index (χ0n) is 20.3. The van der Waals surface area contributed by atoms with E-state index in [9.17, 15) is 19.2 Å². The summed E-state index contributed by atoms with van der Waals surface area (Å²) in [7, 11) is 1.41. The fraction of sp³-hybridized carbons (Fsp3) is 0.818. The monoisotopic (exact) mass is 506 g/mol. The van der Waals surface area contributed by atoms with E-state index in [1.165, 1.54) is 23.8 Å². The molecule has 0 aromatic heterocycles. The Balaban J connectivity index is 2.19. The topological polar surface area (TPSA) is 141 Å². The Morgan fingerprint density at radius 2 is 2.03 bits per heavy atom. The normalized spacial score (nSPS) is 17.6. The van der Waals surface area contributed by atoms with Crippen LogP contribution < -0.4 is 5.32 Å². The average Bonchev–Trinajstić information content (AvgIpc) is 3.09. The number of ether oxygens (including phenoxy) is 4. The summed E-state index contributed by atoms with van der Waals surface area (Å²) >= 11 is 1.41. The number of thioether (sulfide) groups is 1. The molecule has 0 spiro atoms. The SMILES string of the molecule is CCOCCSC1CC(=O)N(CCNC(=O)CCCC(=O)OCC(OC)OC(CC)CO)C1=O. The van der Waals surface area contributed by atoms with Crippen LogP contribution >= 0.6 is 11.8 Å². The molecule has 0 radical (unpaired) electrons. The van der Waals surface area contributed by atoms with E-state index in [1.807, 2.05) is 13.8 Å². The number of hydrogen-bond donors (Lipinski definition) is 2. The maximum atomic E-state index is 12.4. The Morgan fingerprint density at radius 3 is 2.68 bits per heavy atom. The van der Waals surface area contributed by atoms with E-state index < -0.39 is 23.6 Å². The number of esters is 1. The van der Waals surface area contributed by atoms with Gasteiger partial charge in [-0.25, -0.2) is 0 Å². The van der Waals surface area contributed by atoms with Crippen molar-refractivity contribution in [3.63, 3.8) is 0 Å². The predicted octanol–water partition coefficient (Wildman–Crippen LogP) is 0.473. The number of methoxy groups -OCH3 is 1. The number of nitrogens with zero attached hydrogens (tertiary/aromatic N) is 1. The summed E-state index contributed by atoms with van der Waals surface area (Å²) in [5.74, 6) is -0.589. The van der Waals surface area contributed by atoms with E-state index in [0.29, 0.717) is 25.4 Å². The fourth-order valence-electron chi connectivity index (χ4n) is 3.08. The minimum Gasteiger partial charge on any atom is -0.460 e. The molecule has 11 nitrogen and oxygen atoms in total. The van der Waals surface area contributed by atoms with Gasteiger partial charge in [0.2, 0.25) is 17.7 Å². The molecule has 0 saturated carbocycles. The van der Waals surface area contributed by atoms with E-state index in [2.05, 4.69) is 5.32 Å². The van der Waals surface area contributed by atoms with Gasteiger partial charge in [0, 0.05) is 51.8 Å². The number of aliphatic hydroxyl groups is 1. The standard InChI is InChI=1S/C22H38N2O9S/c1-4-16(14-25)33-21(30-3)15-32-20(28)8-6-7-18(26)23-9-10-24-19(27)13-17(22(24)29)34-12-11-31-5-2/h16-17,21,25H,4-15H2,1-3H3,(H,23,26). The smallest absolute Gasteiger partial charge is 0.305 e. The minimum absolute atomic E-state index is 0.0464. The highest BCUT2D eigenvalue weighted by molar-refractivity contribution is 8.00. The van der Waals surface area contributed by atoms with Gasteiger partial charge in [-0.15, -0.1) is 11.8 Å². The molecule has 1 aliphatic rings. The first kappa shape index (κ1) is 30.3. The van der Waals surface area contributed by atoms with Crippen LogP contribution in [-0.4, -0.2) is 104 Å². The van der Waals surface area contributed by atoms with Crippen molar-refractivity contribution in [1.82, 2.24) is 10.2 Å². The zero-order chi connectivity index (χ0) is 25.3. The van der Waals surface area contributed by atoms with E-state index in [0.717, 1.165) is 0 Å². The lowest BCUT2D eigenvalue weighted by atomic mass is 10.2. The number of imide groups is 1. The minimum atomic E-state index is -0.775.